The molecular weight excluding hydrogens is 342 g/mol. The number of hydrazone groups is 1. The van der Waals surface area contributed by atoms with Crippen LogP contribution in [0.5, 0.6) is 5.75 Å². The quantitative estimate of drug-likeness (QED) is 0.574. The number of hydrogen-bond acceptors (Lipinski definition) is 5. The number of hydrogen-bond donors (Lipinski definition) is 2. The van der Waals surface area contributed by atoms with Crippen LogP contribution in [0.3, 0.4) is 0 Å². The maximum atomic E-state index is 12.0. The monoisotopic (exact) mass is 361 g/mol. The van der Waals surface area contributed by atoms with Gasteiger partial charge < -0.3 is 5.11 Å². The van der Waals surface area contributed by atoms with Crippen LogP contribution >= 0.6 is 0 Å². The van der Waals surface area contributed by atoms with Gasteiger partial charge in [0.1, 0.15) is 5.75 Å². The van der Waals surface area contributed by atoms with E-state index < -0.39 is 15.9 Å². The molecule has 0 unspecified atom stereocenters. The summed E-state index contributed by atoms with van der Waals surface area (Å²) in [5.41, 5.74) is 3.76. The number of sulfonamides is 1. The van der Waals surface area contributed by atoms with Gasteiger partial charge in [0, 0.05) is 6.54 Å². The van der Waals surface area contributed by atoms with Gasteiger partial charge in [0.15, 0.2) is 0 Å². The van der Waals surface area contributed by atoms with Crippen molar-refractivity contribution in [3.05, 3.63) is 65.7 Å². The Labute approximate surface area is 146 Å². The number of aromatic hydroxyl groups is 1. The molecule has 0 aliphatic carbocycles. The van der Waals surface area contributed by atoms with Crippen LogP contribution in [0.2, 0.25) is 0 Å². The molecule has 0 fully saturated rings. The molecule has 0 radical (unpaired) electrons. The third kappa shape index (κ3) is 6.36. The molecular formula is C17H19N3O4S. The molecule has 25 heavy (non-hydrogen) atoms. The SMILES string of the molecule is CS(=O)(=O)N(CC(=O)N/N=C\c1ccc(O)cc1)Cc1ccccc1. The second kappa shape index (κ2) is 8.41. The molecule has 0 saturated heterocycles. The van der Waals surface area contributed by atoms with Gasteiger partial charge in [-0.05, 0) is 35.4 Å². The van der Waals surface area contributed by atoms with E-state index in [9.17, 15) is 18.3 Å². The molecule has 2 aromatic carbocycles. The molecule has 0 saturated carbocycles. The number of phenols is 1. The maximum Gasteiger partial charge on any atom is 0.255 e. The summed E-state index contributed by atoms with van der Waals surface area (Å²) in [6.07, 6.45) is 2.46. The summed E-state index contributed by atoms with van der Waals surface area (Å²) in [4.78, 5) is 12.0. The van der Waals surface area contributed by atoms with Crippen LogP contribution in [-0.2, 0) is 21.4 Å². The van der Waals surface area contributed by atoms with E-state index >= 15 is 0 Å². The molecule has 8 heteroatoms. The molecule has 0 aliphatic rings. The highest BCUT2D eigenvalue weighted by atomic mass is 32.2. The number of nitrogens with one attached hydrogen (secondary N) is 1. The average Bonchev–Trinajstić information content (AvgIpc) is 2.56. The van der Waals surface area contributed by atoms with Crippen LogP contribution in [0.1, 0.15) is 11.1 Å². The number of benzene rings is 2. The Bertz CT molecular complexity index is 834. The number of amides is 1. The second-order valence-electron chi connectivity index (χ2n) is 5.40. The second-order valence-corrected chi connectivity index (χ2v) is 7.38. The normalized spacial score (nSPS) is 11.8. The Morgan fingerprint density at radius 2 is 1.80 bits per heavy atom. The minimum atomic E-state index is -3.55. The Morgan fingerprint density at radius 1 is 1.16 bits per heavy atom. The molecule has 0 aromatic heterocycles. The van der Waals surface area contributed by atoms with Gasteiger partial charge in [0.25, 0.3) is 5.91 Å². The average molecular weight is 361 g/mol. The van der Waals surface area contributed by atoms with Crippen molar-refractivity contribution in [2.75, 3.05) is 12.8 Å². The van der Waals surface area contributed by atoms with E-state index in [-0.39, 0.29) is 18.8 Å². The van der Waals surface area contributed by atoms with Crippen molar-refractivity contribution in [3.63, 3.8) is 0 Å². The van der Waals surface area contributed by atoms with Crippen molar-refractivity contribution in [2.45, 2.75) is 6.54 Å². The summed E-state index contributed by atoms with van der Waals surface area (Å²) in [6.45, 7) is -0.227. The summed E-state index contributed by atoms with van der Waals surface area (Å²) < 4.78 is 24.8. The van der Waals surface area contributed by atoms with E-state index in [0.29, 0.717) is 5.56 Å². The van der Waals surface area contributed by atoms with Crippen molar-refractivity contribution in [3.8, 4) is 5.75 Å². The van der Waals surface area contributed by atoms with Crippen LogP contribution in [-0.4, -0.2) is 42.8 Å². The van der Waals surface area contributed by atoms with E-state index in [2.05, 4.69) is 10.5 Å². The predicted octanol–water partition coefficient (Wildman–Crippen LogP) is 1.30. The van der Waals surface area contributed by atoms with Gasteiger partial charge in [-0.15, -0.1) is 0 Å². The lowest BCUT2D eigenvalue weighted by Crippen LogP contribution is -2.38. The van der Waals surface area contributed by atoms with E-state index in [4.69, 9.17) is 0 Å². The highest BCUT2D eigenvalue weighted by Gasteiger charge is 2.20. The minimum Gasteiger partial charge on any atom is -0.508 e. The molecule has 2 rings (SSSR count). The summed E-state index contributed by atoms with van der Waals surface area (Å²) in [5, 5.41) is 13.0. The fraction of sp³-hybridized carbons (Fsp3) is 0.176. The fourth-order valence-electron chi connectivity index (χ4n) is 2.01. The molecule has 132 valence electrons. The molecule has 2 N–H and O–H groups in total. The zero-order chi connectivity index (χ0) is 18.3. The molecule has 0 bridgehead atoms. The first-order valence-corrected chi connectivity index (χ1v) is 9.29. The van der Waals surface area contributed by atoms with E-state index in [1.54, 1.807) is 36.4 Å². The number of nitrogens with zero attached hydrogens (tertiary/aromatic N) is 2. The molecule has 0 heterocycles. The minimum absolute atomic E-state index is 0.106. The van der Waals surface area contributed by atoms with Crippen LogP contribution in [0.15, 0.2) is 59.7 Å². The highest BCUT2D eigenvalue weighted by molar-refractivity contribution is 7.88. The Morgan fingerprint density at radius 3 is 2.40 bits per heavy atom. The number of phenolic OH excluding ortho intramolecular Hbond substituents is 1. The number of carbonyl (C=O) groups excluding carboxylic acids is 1. The lowest BCUT2D eigenvalue weighted by atomic mass is 10.2. The van der Waals surface area contributed by atoms with Crippen molar-refractivity contribution >= 4 is 22.1 Å². The number of carbonyl (C=O) groups is 1. The molecule has 0 atom stereocenters. The van der Waals surface area contributed by atoms with Crippen molar-refractivity contribution in [2.24, 2.45) is 5.10 Å². The molecule has 0 aliphatic heterocycles. The van der Waals surface area contributed by atoms with E-state index in [1.165, 1.54) is 18.3 Å². The Balaban J connectivity index is 1.96. The first-order valence-electron chi connectivity index (χ1n) is 7.44. The smallest absolute Gasteiger partial charge is 0.255 e. The van der Waals surface area contributed by atoms with Crippen molar-refractivity contribution in [1.82, 2.24) is 9.73 Å². The zero-order valence-corrected chi connectivity index (χ0v) is 14.5. The molecule has 7 nitrogen and oxygen atoms in total. The van der Waals surface area contributed by atoms with Gasteiger partial charge in [-0.1, -0.05) is 30.3 Å². The first-order chi connectivity index (χ1) is 11.8. The third-order valence-electron chi connectivity index (χ3n) is 3.29. The third-order valence-corrected chi connectivity index (χ3v) is 4.48. The van der Waals surface area contributed by atoms with Gasteiger partial charge in [0.2, 0.25) is 10.0 Å². The van der Waals surface area contributed by atoms with Gasteiger partial charge in [-0.2, -0.15) is 9.41 Å². The summed E-state index contributed by atoms with van der Waals surface area (Å²) >= 11 is 0. The lowest BCUT2D eigenvalue weighted by molar-refractivity contribution is -0.121. The van der Waals surface area contributed by atoms with Crippen LogP contribution < -0.4 is 5.43 Å². The highest BCUT2D eigenvalue weighted by Crippen LogP contribution is 2.09. The first kappa shape index (κ1) is 18.6. The Kier molecular flexibility index (Phi) is 6.26. The standard InChI is InChI=1S/C17H19N3O4S/c1-25(23,24)20(12-15-5-3-2-4-6-15)13-17(22)19-18-11-14-7-9-16(21)10-8-14/h2-11,21H,12-13H2,1H3,(H,19,22)/b18-11-. The van der Waals surface area contributed by atoms with Gasteiger partial charge in [-0.3, -0.25) is 4.79 Å². The zero-order valence-electron chi connectivity index (χ0n) is 13.7. The predicted molar refractivity (Wildman–Crippen MR) is 95.5 cm³/mol. The van der Waals surface area contributed by atoms with E-state index in [1.807, 2.05) is 6.07 Å². The molecule has 0 spiro atoms. The van der Waals surface area contributed by atoms with Gasteiger partial charge in [0.05, 0.1) is 19.0 Å². The van der Waals surface area contributed by atoms with Crippen molar-refractivity contribution < 1.29 is 18.3 Å². The van der Waals surface area contributed by atoms with Gasteiger partial charge in [-0.25, -0.2) is 13.8 Å². The van der Waals surface area contributed by atoms with Crippen molar-refractivity contribution in [1.29, 1.82) is 0 Å². The fourth-order valence-corrected chi connectivity index (χ4v) is 2.75. The van der Waals surface area contributed by atoms with Gasteiger partial charge >= 0.3 is 0 Å². The summed E-state index contributed by atoms with van der Waals surface area (Å²) in [7, 11) is -3.55. The largest absolute Gasteiger partial charge is 0.508 e. The summed E-state index contributed by atoms with van der Waals surface area (Å²) in [6, 6.07) is 15.3. The maximum absolute atomic E-state index is 12.0. The molecule has 1 amide bonds. The lowest BCUT2D eigenvalue weighted by Gasteiger charge is -2.18. The number of rotatable bonds is 7. The molecule has 2 aromatic rings. The topological polar surface area (TPSA) is 99.1 Å². The van der Waals surface area contributed by atoms with Crippen LogP contribution in [0, 0.1) is 0 Å². The van der Waals surface area contributed by atoms with E-state index in [0.717, 1.165) is 16.1 Å². The Hall–Kier alpha value is -2.71. The summed E-state index contributed by atoms with van der Waals surface area (Å²) in [5.74, 6) is -0.415. The van der Waals surface area contributed by atoms with Crippen LogP contribution in [0.4, 0.5) is 0 Å². The van der Waals surface area contributed by atoms with Crippen LogP contribution in [0.25, 0.3) is 0 Å².